The van der Waals surface area contributed by atoms with Gasteiger partial charge in [-0.3, -0.25) is 0 Å². The first-order valence-electron chi connectivity index (χ1n) is 7.95. The molecule has 1 heterocycles. The number of oxazole rings is 1. The number of sulfonamides is 1. The lowest BCUT2D eigenvalue weighted by Gasteiger charge is -2.08. The molecule has 0 bridgehead atoms. The van der Waals surface area contributed by atoms with Gasteiger partial charge in [0.25, 0.3) is 0 Å². The van der Waals surface area contributed by atoms with E-state index < -0.39 is 10.0 Å². The van der Waals surface area contributed by atoms with Crippen LogP contribution in [-0.2, 0) is 16.6 Å². The molecule has 130 valence electrons. The zero-order chi connectivity index (χ0) is 18.0. The van der Waals surface area contributed by atoms with Crippen molar-refractivity contribution in [1.82, 2.24) is 9.71 Å². The average Bonchev–Trinajstić information content (AvgIpc) is 2.93. The Bertz CT molecular complexity index is 973. The van der Waals surface area contributed by atoms with Crippen LogP contribution >= 0.6 is 0 Å². The molecule has 0 aliphatic heterocycles. The lowest BCUT2D eigenvalue weighted by atomic mass is 10.1. The molecule has 0 spiro atoms. The predicted molar refractivity (Wildman–Crippen MR) is 96.6 cm³/mol. The topological polar surface area (TPSA) is 72.2 Å². The number of nitrogens with one attached hydrogen (secondary N) is 1. The number of hydrogen-bond acceptors (Lipinski definition) is 4. The number of aryl methyl sites for hydroxylation is 3. The molecule has 0 radical (unpaired) electrons. The Balaban J connectivity index is 1.76. The fourth-order valence-corrected chi connectivity index (χ4v) is 3.57. The standard InChI is InChI=1S/C19H20N2O3S/c1-13-4-6-16(7-5-13)12-20-25(22,23)18-10-8-17(9-11-18)19-14(2)24-15(3)21-19/h4-11,20H,12H2,1-3H3. The van der Waals surface area contributed by atoms with E-state index in [2.05, 4.69) is 9.71 Å². The molecule has 6 heteroatoms. The number of hydrogen-bond donors (Lipinski definition) is 1. The van der Waals surface area contributed by atoms with Gasteiger partial charge in [0.2, 0.25) is 10.0 Å². The minimum absolute atomic E-state index is 0.223. The third kappa shape index (κ3) is 3.97. The molecule has 0 unspecified atom stereocenters. The molecule has 2 aromatic carbocycles. The normalized spacial score (nSPS) is 11.6. The summed E-state index contributed by atoms with van der Waals surface area (Å²) in [6.07, 6.45) is 0. The van der Waals surface area contributed by atoms with Gasteiger partial charge in [-0.1, -0.05) is 42.0 Å². The van der Waals surface area contributed by atoms with Crippen molar-refractivity contribution >= 4 is 10.0 Å². The molecule has 1 aromatic heterocycles. The van der Waals surface area contributed by atoms with Crippen LogP contribution in [0.15, 0.2) is 57.8 Å². The van der Waals surface area contributed by atoms with Crippen LogP contribution in [0.25, 0.3) is 11.3 Å². The van der Waals surface area contributed by atoms with Gasteiger partial charge in [-0.15, -0.1) is 0 Å². The summed E-state index contributed by atoms with van der Waals surface area (Å²) in [4.78, 5) is 4.55. The van der Waals surface area contributed by atoms with Crippen molar-refractivity contribution < 1.29 is 12.8 Å². The first kappa shape index (κ1) is 17.4. The Hall–Kier alpha value is -2.44. The van der Waals surface area contributed by atoms with Gasteiger partial charge in [0.15, 0.2) is 5.89 Å². The largest absolute Gasteiger partial charge is 0.446 e. The number of aromatic nitrogens is 1. The fourth-order valence-electron chi connectivity index (χ4n) is 2.56. The monoisotopic (exact) mass is 356 g/mol. The zero-order valence-corrected chi connectivity index (χ0v) is 15.2. The Morgan fingerprint density at radius 1 is 0.960 bits per heavy atom. The van der Waals surface area contributed by atoms with Crippen molar-refractivity contribution in [3.63, 3.8) is 0 Å². The van der Waals surface area contributed by atoms with E-state index in [0.717, 1.165) is 22.4 Å². The zero-order valence-electron chi connectivity index (χ0n) is 14.4. The van der Waals surface area contributed by atoms with E-state index in [1.54, 1.807) is 31.2 Å². The van der Waals surface area contributed by atoms with Gasteiger partial charge in [-0.2, -0.15) is 0 Å². The van der Waals surface area contributed by atoms with E-state index in [4.69, 9.17) is 4.42 Å². The molecule has 3 rings (SSSR count). The smallest absolute Gasteiger partial charge is 0.240 e. The van der Waals surface area contributed by atoms with E-state index in [1.165, 1.54) is 0 Å². The molecule has 25 heavy (non-hydrogen) atoms. The molecule has 0 fully saturated rings. The molecule has 1 N–H and O–H groups in total. The molecule has 3 aromatic rings. The summed E-state index contributed by atoms with van der Waals surface area (Å²) in [6.45, 7) is 5.87. The lowest BCUT2D eigenvalue weighted by molar-refractivity contribution is 0.495. The van der Waals surface area contributed by atoms with Crippen molar-refractivity contribution in [2.75, 3.05) is 0 Å². The summed E-state index contributed by atoms with van der Waals surface area (Å²) in [5.74, 6) is 1.30. The summed E-state index contributed by atoms with van der Waals surface area (Å²) in [5.41, 5.74) is 3.61. The van der Waals surface area contributed by atoms with E-state index in [0.29, 0.717) is 11.7 Å². The van der Waals surface area contributed by atoms with Crippen molar-refractivity contribution in [2.45, 2.75) is 32.2 Å². The van der Waals surface area contributed by atoms with Gasteiger partial charge < -0.3 is 4.42 Å². The Kier molecular flexibility index (Phi) is 4.74. The minimum atomic E-state index is -3.57. The maximum absolute atomic E-state index is 12.4. The quantitative estimate of drug-likeness (QED) is 0.756. The van der Waals surface area contributed by atoms with Crippen LogP contribution in [0.4, 0.5) is 0 Å². The third-order valence-corrected chi connectivity index (χ3v) is 5.35. The van der Waals surface area contributed by atoms with Gasteiger partial charge in [0.1, 0.15) is 11.5 Å². The third-order valence-electron chi connectivity index (χ3n) is 3.93. The molecule has 0 saturated carbocycles. The molecule has 0 amide bonds. The maximum atomic E-state index is 12.4. The van der Waals surface area contributed by atoms with E-state index >= 15 is 0 Å². The van der Waals surface area contributed by atoms with Gasteiger partial charge in [-0.05, 0) is 31.5 Å². The predicted octanol–water partition coefficient (Wildman–Crippen LogP) is 3.75. The molecule has 5 nitrogen and oxygen atoms in total. The summed E-state index contributed by atoms with van der Waals surface area (Å²) in [7, 11) is -3.57. The second-order valence-electron chi connectivity index (χ2n) is 5.97. The van der Waals surface area contributed by atoms with Crippen molar-refractivity contribution in [3.05, 3.63) is 71.3 Å². The van der Waals surface area contributed by atoms with Gasteiger partial charge in [0.05, 0.1) is 4.90 Å². The summed E-state index contributed by atoms with van der Waals surface area (Å²) in [5, 5.41) is 0. The lowest BCUT2D eigenvalue weighted by Crippen LogP contribution is -2.23. The van der Waals surface area contributed by atoms with Crippen LogP contribution in [0.3, 0.4) is 0 Å². The molecular formula is C19H20N2O3S. The van der Waals surface area contributed by atoms with Crippen LogP contribution in [0.5, 0.6) is 0 Å². The number of rotatable bonds is 5. The first-order valence-corrected chi connectivity index (χ1v) is 9.43. The van der Waals surface area contributed by atoms with Crippen LogP contribution in [0.1, 0.15) is 22.8 Å². The Morgan fingerprint density at radius 3 is 2.16 bits per heavy atom. The highest BCUT2D eigenvalue weighted by Crippen LogP contribution is 2.24. The van der Waals surface area contributed by atoms with Crippen molar-refractivity contribution in [1.29, 1.82) is 0 Å². The van der Waals surface area contributed by atoms with Crippen LogP contribution in [0, 0.1) is 20.8 Å². The van der Waals surface area contributed by atoms with Crippen LogP contribution in [-0.4, -0.2) is 13.4 Å². The van der Waals surface area contributed by atoms with Gasteiger partial charge in [-0.25, -0.2) is 18.1 Å². The van der Waals surface area contributed by atoms with Gasteiger partial charge in [0, 0.05) is 19.0 Å². The molecule has 0 saturated heterocycles. The fraction of sp³-hybridized carbons (Fsp3) is 0.211. The molecule has 0 aliphatic rings. The minimum Gasteiger partial charge on any atom is -0.446 e. The molecule has 0 atom stereocenters. The van der Waals surface area contributed by atoms with Crippen molar-refractivity contribution in [3.8, 4) is 11.3 Å². The highest BCUT2D eigenvalue weighted by Gasteiger charge is 2.15. The van der Waals surface area contributed by atoms with Gasteiger partial charge >= 0.3 is 0 Å². The maximum Gasteiger partial charge on any atom is 0.240 e. The number of nitrogens with zero attached hydrogens (tertiary/aromatic N) is 1. The highest BCUT2D eigenvalue weighted by molar-refractivity contribution is 7.89. The molecular weight excluding hydrogens is 336 g/mol. The highest BCUT2D eigenvalue weighted by atomic mass is 32.2. The summed E-state index contributed by atoms with van der Waals surface area (Å²) < 4.78 is 32.9. The second-order valence-corrected chi connectivity index (χ2v) is 7.74. The summed E-state index contributed by atoms with van der Waals surface area (Å²) in [6, 6.07) is 14.4. The summed E-state index contributed by atoms with van der Waals surface area (Å²) >= 11 is 0. The average molecular weight is 356 g/mol. The van der Waals surface area contributed by atoms with Crippen LogP contribution < -0.4 is 4.72 Å². The first-order chi connectivity index (χ1) is 11.8. The number of benzene rings is 2. The second kappa shape index (κ2) is 6.82. The van der Waals surface area contributed by atoms with E-state index in [-0.39, 0.29) is 11.4 Å². The van der Waals surface area contributed by atoms with Crippen molar-refractivity contribution in [2.24, 2.45) is 0 Å². The van der Waals surface area contributed by atoms with Crippen LogP contribution in [0.2, 0.25) is 0 Å². The SMILES string of the molecule is Cc1ccc(CNS(=O)(=O)c2ccc(-c3nc(C)oc3C)cc2)cc1. The van der Waals surface area contributed by atoms with E-state index in [1.807, 2.05) is 38.1 Å². The molecule has 0 aliphatic carbocycles. The Morgan fingerprint density at radius 2 is 1.60 bits per heavy atom. The van der Waals surface area contributed by atoms with E-state index in [9.17, 15) is 8.42 Å². The Labute approximate surface area is 147 Å².